The molecule has 5 nitrogen and oxygen atoms in total. The van der Waals surface area contributed by atoms with Gasteiger partial charge in [-0.25, -0.2) is 4.98 Å². The molecule has 4 aromatic heterocycles. The molecular weight excluding hydrogens is 941 g/mol. The fourth-order valence-corrected chi connectivity index (χ4v) is 9.60. The van der Waals surface area contributed by atoms with Crippen LogP contribution in [0.5, 0.6) is 0 Å². The van der Waals surface area contributed by atoms with E-state index in [2.05, 4.69) is 152 Å². The van der Waals surface area contributed by atoms with Gasteiger partial charge in [-0.15, -0.1) is 54.1 Å². The van der Waals surface area contributed by atoms with Crippen LogP contribution in [0.25, 0.3) is 83.8 Å². The van der Waals surface area contributed by atoms with Crippen LogP contribution < -0.4 is 5.19 Å². The Morgan fingerprint density at radius 1 is 0.656 bits per heavy atom. The molecule has 4 heterocycles. The van der Waals surface area contributed by atoms with Gasteiger partial charge in [0.15, 0.2) is 0 Å². The number of hydrogen-bond acceptors (Lipinski definition) is 4. The number of nitrogens with zero attached hydrogens (tertiary/aromatic N) is 4. The second-order valence-corrected chi connectivity index (χ2v) is 21.6. The molecule has 0 aliphatic rings. The van der Waals surface area contributed by atoms with Gasteiger partial charge in [0.1, 0.15) is 0 Å². The largest absolute Gasteiger partial charge is 0.486 e. The van der Waals surface area contributed by atoms with E-state index in [0.717, 1.165) is 84.5 Å². The van der Waals surface area contributed by atoms with E-state index in [-0.39, 0.29) is 20.1 Å². The Labute approximate surface area is 372 Å². The summed E-state index contributed by atoms with van der Waals surface area (Å²) in [5, 5.41) is 3.45. The molecule has 0 atom stereocenters. The minimum absolute atomic E-state index is 0. The monoisotopic (exact) mass is 987 g/mol. The Bertz CT molecular complexity index is 3080. The van der Waals surface area contributed by atoms with E-state index in [1.165, 1.54) is 10.8 Å². The van der Waals surface area contributed by atoms with Gasteiger partial charge in [0.25, 0.3) is 0 Å². The summed E-state index contributed by atoms with van der Waals surface area (Å²) in [6.07, 6.45) is 3.24. The average Bonchev–Trinajstić information content (AvgIpc) is 3.85. The average molecular weight is 987 g/mol. The first-order valence-corrected chi connectivity index (χ1v) is 24.1. The van der Waals surface area contributed by atoms with Crippen LogP contribution in [-0.4, -0.2) is 27.6 Å². The molecule has 0 amide bonds. The minimum Gasteiger partial charge on any atom is -0.486 e. The standard InChI is InChI=1S/C36H22N3O.C18H24NSi.Ir/c1-3-12-24(13-4-1)26-16-7-9-20-32(26)39-33-21-10-8-19-31(33)37-35(39)29-18-11-17-27-28-22-23-30(25-14-5-2-6-15-25)38-36(28)40-34(27)29;1-14(2)11-16-12-17(15-9-7-6-8-10-15)19-13-18(16)20(3,4)5;/h1-17,19-23H;6-9,12-14H,11H2,1-5H3;/q2*-1;. The number of rotatable bonds is 8. The van der Waals surface area contributed by atoms with Gasteiger partial charge < -0.3 is 14.0 Å². The molecule has 0 saturated carbocycles. The van der Waals surface area contributed by atoms with E-state index in [0.29, 0.717) is 11.6 Å². The Balaban J connectivity index is 0.000000208. The molecule has 0 spiro atoms. The summed E-state index contributed by atoms with van der Waals surface area (Å²) in [6, 6.07) is 62.5. The molecule has 7 heteroatoms. The van der Waals surface area contributed by atoms with Gasteiger partial charge in [0.2, 0.25) is 5.71 Å². The summed E-state index contributed by atoms with van der Waals surface area (Å²) >= 11 is 0. The predicted octanol–water partition coefficient (Wildman–Crippen LogP) is 13.4. The van der Waals surface area contributed by atoms with E-state index in [9.17, 15) is 0 Å². The fourth-order valence-electron chi connectivity index (χ4n) is 8.01. The van der Waals surface area contributed by atoms with Gasteiger partial charge in [-0.05, 0) is 59.1 Å². The number of imidazole rings is 1. The van der Waals surface area contributed by atoms with Crippen molar-refractivity contribution in [2.24, 2.45) is 5.92 Å². The molecule has 10 aromatic rings. The van der Waals surface area contributed by atoms with Crippen molar-refractivity contribution in [2.75, 3.05) is 0 Å². The topological polar surface area (TPSA) is 56.7 Å². The van der Waals surface area contributed by atoms with Crippen LogP contribution >= 0.6 is 0 Å². The molecule has 303 valence electrons. The van der Waals surface area contributed by atoms with Crippen molar-refractivity contribution in [1.82, 2.24) is 19.5 Å². The van der Waals surface area contributed by atoms with Gasteiger partial charge in [-0.2, -0.15) is 0 Å². The molecule has 61 heavy (non-hydrogen) atoms. The van der Waals surface area contributed by atoms with Crippen LogP contribution in [0, 0.1) is 18.1 Å². The van der Waals surface area contributed by atoms with Crippen molar-refractivity contribution < 1.29 is 24.5 Å². The van der Waals surface area contributed by atoms with Crippen LogP contribution in [0.3, 0.4) is 0 Å². The van der Waals surface area contributed by atoms with Crippen LogP contribution in [0.4, 0.5) is 0 Å². The van der Waals surface area contributed by atoms with Gasteiger partial charge in [-0.1, -0.05) is 147 Å². The first kappa shape index (κ1) is 41.5. The minimum atomic E-state index is -1.34. The molecule has 0 fully saturated rings. The van der Waals surface area contributed by atoms with Crippen LogP contribution in [-0.2, 0) is 26.5 Å². The summed E-state index contributed by atoms with van der Waals surface area (Å²) in [7, 11) is -1.34. The SMILES string of the molecule is CC(C)Cc1cc(-c2[c-]cccc2)ncc1[Si](C)(C)C.[Ir].[c-]1ccc2c(oc3nc(-c4ccccc4)ccc32)c1-c1nc2ccccc2n1-c1ccccc1-c1ccccc1. The number of furan rings is 1. The maximum atomic E-state index is 6.51. The van der Waals surface area contributed by atoms with Gasteiger partial charge in [-0.3, -0.25) is 4.98 Å². The zero-order valence-electron chi connectivity index (χ0n) is 35.0. The molecule has 10 rings (SSSR count). The van der Waals surface area contributed by atoms with E-state index in [1.807, 2.05) is 72.8 Å². The molecule has 0 aliphatic carbocycles. The first-order valence-electron chi connectivity index (χ1n) is 20.6. The number of hydrogen-bond donors (Lipinski definition) is 0. The predicted molar refractivity (Wildman–Crippen MR) is 251 cm³/mol. The zero-order valence-corrected chi connectivity index (χ0v) is 38.4. The Morgan fingerprint density at radius 2 is 1.36 bits per heavy atom. The van der Waals surface area contributed by atoms with E-state index >= 15 is 0 Å². The third kappa shape index (κ3) is 8.55. The Morgan fingerprint density at radius 3 is 2.10 bits per heavy atom. The number of para-hydroxylation sites is 3. The van der Waals surface area contributed by atoms with E-state index < -0.39 is 8.07 Å². The first-order chi connectivity index (χ1) is 29.2. The van der Waals surface area contributed by atoms with Gasteiger partial charge >= 0.3 is 0 Å². The molecule has 0 saturated heterocycles. The van der Waals surface area contributed by atoms with Crippen molar-refractivity contribution in [2.45, 2.75) is 39.9 Å². The maximum Gasteiger partial charge on any atom is 0.216 e. The van der Waals surface area contributed by atoms with E-state index in [4.69, 9.17) is 14.4 Å². The molecular formula is C54H46IrN4OSi-2. The van der Waals surface area contributed by atoms with Crippen LogP contribution in [0.2, 0.25) is 19.6 Å². The molecule has 0 aliphatic heterocycles. The Kier molecular flexibility index (Phi) is 12.1. The number of fused-ring (bicyclic) bond motifs is 4. The van der Waals surface area contributed by atoms with Crippen molar-refractivity contribution in [1.29, 1.82) is 0 Å². The van der Waals surface area contributed by atoms with Crippen molar-refractivity contribution in [3.05, 3.63) is 188 Å². The summed E-state index contributed by atoms with van der Waals surface area (Å²) in [4.78, 5) is 14.7. The third-order valence-corrected chi connectivity index (χ3v) is 12.9. The van der Waals surface area contributed by atoms with Gasteiger partial charge in [0, 0.05) is 48.5 Å². The zero-order chi connectivity index (χ0) is 41.2. The summed E-state index contributed by atoms with van der Waals surface area (Å²) in [5.74, 6) is 1.44. The van der Waals surface area contributed by atoms with Crippen LogP contribution in [0.1, 0.15) is 19.4 Å². The summed E-state index contributed by atoms with van der Waals surface area (Å²) in [5.41, 5.74) is 12.9. The van der Waals surface area contributed by atoms with Crippen LogP contribution in [0.15, 0.2) is 174 Å². The Hall–Kier alpha value is -6.24. The number of aromatic nitrogens is 4. The second-order valence-electron chi connectivity index (χ2n) is 16.6. The van der Waals surface area contributed by atoms with Gasteiger partial charge in [0.05, 0.1) is 36.2 Å². The molecule has 0 bridgehead atoms. The van der Waals surface area contributed by atoms with Crippen molar-refractivity contribution >= 4 is 46.4 Å². The summed E-state index contributed by atoms with van der Waals surface area (Å²) in [6.45, 7) is 11.7. The third-order valence-electron chi connectivity index (χ3n) is 10.8. The van der Waals surface area contributed by atoms with E-state index in [1.54, 1.807) is 0 Å². The molecule has 0 N–H and O–H groups in total. The normalized spacial score (nSPS) is 11.4. The second kappa shape index (κ2) is 17.8. The number of pyridine rings is 2. The fraction of sp³-hybridized carbons (Fsp3) is 0.130. The number of benzene rings is 6. The van der Waals surface area contributed by atoms with Crippen molar-refractivity contribution in [3.8, 4) is 50.7 Å². The smallest absolute Gasteiger partial charge is 0.216 e. The maximum absolute atomic E-state index is 6.51. The van der Waals surface area contributed by atoms with Crippen molar-refractivity contribution in [3.63, 3.8) is 0 Å². The molecule has 0 unspecified atom stereocenters. The molecule has 1 radical (unpaired) electrons. The summed E-state index contributed by atoms with van der Waals surface area (Å²) < 4.78 is 8.73. The molecule has 6 aromatic carbocycles. The quantitative estimate of drug-likeness (QED) is 0.112.